The van der Waals surface area contributed by atoms with Crippen LogP contribution in [0.1, 0.15) is 71.2 Å². The molecule has 3 rings (SSSR count). The highest BCUT2D eigenvalue weighted by Crippen LogP contribution is 2.27. The molecule has 0 radical (unpaired) electrons. The van der Waals surface area contributed by atoms with Crippen molar-refractivity contribution in [1.82, 2.24) is 15.5 Å². The normalized spacial score (nSPS) is 13.4. The second kappa shape index (κ2) is 16.2. The van der Waals surface area contributed by atoms with E-state index in [0.717, 1.165) is 5.56 Å². The fourth-order valence-electron chi connectivity index (χ4n) is 5.02. The van der Waals surface area contributed by atoms with Crippen LogP contribution in [0.2, 0.25) is 0 Å². The standard InChI is InChI=1S/C37H47N3O8/c1-8-40(33(44)29(39-35(46)48-37(5,6)7)21-25-17-19-27(41)20-18-25)31(26-15-12-16-28(42)23-26)32(43)38-30(34(45)47-36(2,3)4)22-24-13-10-9-11-14-24/h9-20,23,29-31,41-42H,8,21-22H2,1-7H3,(H,38,43)(H,39,46). The molecule has 0 heterocycles. The Kier molecular flexibility index (Phi) is 12.6. The van der Waals surface area contributed by atoms with E-state index in [4.69, 9.17) is 9.47 Å². The molecule has 3 aromatic carbocycles. The summed E-state index contributed by atoms with van der Waals surface area (Å²) >= 11 is 0. The average molecular weight is 662 g/mol. The lowest BCUT2D eigenvalue weighted by Gasteiger charge is -2.34. The van der Waals surface area contributed by atoms with Crippen LogP contribution in [0.25, 0.3) is 0 Å². The maximum atomic E-state index is 14.4. The molecular weight excluding hydrogens is 614 g/mol. The molecule has 11 heteroatoms. The molecule has 0 aliphatic rings. The Hall–Kier alpha value is -5.06. The van der Waals surface area contributed by atoms with Gasteiger partial charge in [0.2, 0.25) is 11.8 Å². The highest BCUT2D eigenvalue weighted by Gasteiger charge is 2.38. The first-order valence-corrected chi connectivity index (χ1v) is 15.9. The number of hydrogen-bond acceptors (Lipinski definition) is 8. The van der Waals surface area contributed by atoms with E-state index in [2.05, 4.69) is 10.6 Å². The van der Waals surface area contributed by atoms with Crippen molar-refractivity contribution >= 4 is 23.9 Å². The van der Waals surface area contributed by atoms with E-state index < -0.39 is 53.2 Å². The molecule has 3 unspecified atom stereocenters. The molecule has 3 aromatic rings. The van der Waals surface area contributed by atoms with Gasteiger partial charge in [0.15, 0.2) is 0 Å². The molecule has 0 spiro atoms. The summed E-state index contributed by atoms with van der Waals surface area (Å²) in [7, 11) is 0. The molecule has 0 bridgehead atoms. The topological polar surface area (TPSA) is 154 Å². The number of nitrogens with zero attached hydrogens (tertiary/aromatic N) is 1. The predicted molar refractivity (Wildman–Crippen MR) is 181 cm³/mol. The third-order valence-corrected chi connectivity index (χ3v) is 7.03. The third-order valence-electron chi connectivity index (χ3n) is 7.03. The van der Waals surface area contributed by atoms with Gasteiger partial charge in [-0.3, -0.25) is 9.59 Å². The zero-order valence-corrected chi connectivity index (χ0v) is 28.7. The summed E-state index contributed by atoms with van der Waals surface area (Å²) in [5.41, 5.74) is 0.0127. The number of carbonyl (C=O) groups excluding carboxylic acids is 4. The molecule has 0 aromatic heterocycles. The van der Waals surface area contributed by atoms with Crippen LogP contribution in [0, 0.1) is 0 Å². The maximum Gasteiger partial charge on any atom is 0.408 e. The van der Waals surface area contributed by atoms with E-state index in [1.165, 1.54) is 29.2 Å². The van der Waals surface area contributed by atoms with Crippen LogP contribution >= 0.6 is 0 Å². The van der Waals surface area contributed by atoms with Crippen molar-refractivity contribution in [3.63, 3.8) is 0 Å². The smallest absolute Gasteiger partial charge is 0.408 e. The summed E-state index contributed by atoms with van der Waals surface area (Å²) in [4.78, 5) is 56.4. The number of hydrogen-bond donors (Lipinski definition) is 4. The molecule has 0 aliphatic carbocycles. The first-order chi connectivity index (χ1) is 22.5. The van der Waals surface area contributed by atoms with Crippen LogP contribution in [0.15, 0.2) is 78.9 Å². The van der Waals surface area contributed by atoms with E-state index in [1.807, 2.05) is 30.3 Å². The summed E-state index contributed by atoms with van der Waals surface area (Å²) in [6, 6.07) is 17.6. The minimum absolute atomic E-state index is 0.0117. The Morgan fingerprint density at radius 2 is 1.29 bits per heavy atom. The number of phenols is 2. The summed E-state index contributed by atoms with van der Waals surface area (Å²) in [5, 5.41) is 25.6. The number of carbonyl (C=O) groups is 4. The number of phenolic OH excluding ortho intramolecular Hbond substituents is 2. The molecule has 258 valence electrons. The lowest BCUT2D eigenvalue weighted by Crippen LogP contribution is -2.55. The Bertz CT molecular complexity index is 1550. The van der Waals surface area contributed by atoms with Gasteiger partial charge in [-0.05, 0) is 89.4 Å². The fourth-order valence-corrected chi connectivity index (χ4v) is 5.02. The summed E-state index contributed by atoms with van der Waals surface area (Å²) in [6.07, 6.45) is -0.697. The molecule has 0 fully saturated rings. The van der Waals surface area contributed by atoms with Crippen molar-refractivity contribution < 1.29 is 38.9 Å². The van der Waals surface area contributed by atoms with E-state index in [-0.39, 0.29) is 36.4 Å². The summed E-state index contributed by atoms with van der Waals surface area (Å²) < 4.78 is 11.1. The maximum absolute atomic E-state index is 14.4. The predicted octanol–water partition coefficient (Wildman–Crippen LogP) is 5.19. The minimum Gasteiger partial charge on any atom is -0.508 e. The number of ether oxygens (including phenoxy) is 2. The molecule has 0 saturated carbocycles. The SMILES string of the molecule is CCN(C(=O)C(Cc1ccc(O)cc1)NC(=O)OC(C)(C)C)C(C(=O)NC(Cc1ccccc1)C(=O)OC(C)(C)C)c1cccc(O)c1. The summed E-state index contributed by atoms with van der Waals surface area (Å²) in [5.74, 6) is -2.05. The van der Waals surface area contributed by atoms with Crippen LogP contribution in [0.5, 0.6) is 11.5 Å². The zero-order chi connectivity index (χ0) is 35.6. The summed E-state index contributed by atoms with van der Waals surface area (Å²) in [6.45, 7) is 12.0. The Morgan fingerprint density at radius 3 is 1.85 bits per heavy atom. The van der Waals surface area contributed by atoms with Crippen LogP contribution in [-0.2, 0) is 36.7 Å². The highest BCUT2D eigenvalue weighted by atomic mass is 16.6. The van der Waals surface area contributed by atoms with Crippen molar-refractivity contribution in [2.24, 2.45) is 0 Å². The van der Waals surface area contributed by atoms with Crippen molar-refractivity contribution in [3.05, 3.63) is 95.6 Å². The largest absolute Gasteiger partial charge is 0.508 e. The Labute approximate surface area is 282 Å². The van der Waals surface area contributed by atoms with Gasteiger partial charge in [0.05, 0.1) is 0 Å². The van der Waals surface area contributed by atoms with Crippen molar-refractivity contribution in [1.29, 1.82) is 0 Å². The molecule has 3 amide bonds. The van der Waals surface area contributed by atoms with Gasteiger partial charge < -0.3 is 35.2 Å². The van der Waals surface area contributed by atoms with E-state index in [9.17, 15) is 29.4 Å². The lowest BCUT2D eigenvalue weighted by atomic mass is 9.99. The number of nitrogens with one attached hydrogen (secondary N) is 2. The van der Waals surface area contributed by atoms with Crippen LogP contribution < -0.4 is 10.6 Å². The van der Waals surface area contributed by atoms with Gasteiger partial charge in [0.1, 0.15) is 40.8 Å². The molecule has 3 atom stereocenters. The number of rotatable bonds is 12. The molecule has 11 nitrogen and oxygen atoms in total. The Balaban J connectivity index is 2.05. The minimum atomic E-state index is -1.32. The van der Waals surface area contributed by atoms with Crippen LogP contribution in [-0.4, -0.2) is 68.8 Å². The second-order valence-electron chi connectivity index (χ2n) is 13.5. The highest BCUT2D eigenvalue weighted by molar-refractivity contribution is 5.94. The van der Waals surface area contributed by atoms with Crippen molar-refractivity contribution in [2.45, 2.75) is 90.6 Å². The van der Waals surface area contributed by atoms with Gasteiger partial charge >= 0.3 is 12.1 Å². The third kappa shape index (κ3) is 11.6. The van der Waals surface area contributed by atoms with Crippen LogP contribution in [0.4, 0.5) is 4.79 Å². The van der Waals surface area contributed by atoms with Gasteiger partial charge in [-0.1, -0.05) is 54.6 Å². The number of aromatic hydroxyl groups is 2. The van der Waals surface area contributed by atoms with E-state index >= 15 is 0 Å². The van der Waals surface area contributed by atoms with Crippen molar-refractivity contribution in [2.75, 3.05) is 6.54 Å². The number of benzene rings is 3. The van der Waals surface area contributed by atoms with Gasteiger partial charge in [-0.15, -0.1) is 0 Å². The van der Waals surface area contributed by atoms with Gasteiger partial charge in [-0.25, -0.2) is 9.59 Å². The van der Waals surface area contributed by atoms with E-state index in [0.29, 0.717) is 5.56 Å². The van der Waals surface area contributed by atoms with Gasteiger partial charge in [-0.2, -0.15) is 0 Å². The second-order valence-corrected chi connectivity index (χ2v) is 13.5. The number of esters is 1. The van der Waals surface area contributed by atoms with Crippen LogP contribution in [0.3, 0.4) is 0 Å². The quantitative estimate of drug-likeness (QED) is 0.193. The number of alkyl carbamates (subject to hydrolysis) is 1. The van der Waals surface area contributed by atoms with Gasteiger partial charge in [0, 0.05) is 19.4 Å². The van der Waals surface area contributed by atoms with Gasteiger partial charge in [0.25, 0.3) is 0 Å². The molecular formula is C37H47N3O8. The van der Waals surface area contributed by atoms with Crippen molar-refractivity contribution in [3.8, 4) is 11.5 Å². The number of likely N-dealkylation sites (N-methyl/N-ethyl adjacent to an activating group) is 1. The molecule has 4 N–H and O–H groups in total. The average Bonchev–Trinajstić information content (AvgIpc) is 2.98. The monoisotopic (exact) mass is 661 g/mol. The first-order valence-electron chi connectivity index (χ1n) is 15.9. The number of amides is 3. The molecule has 0 saturated heterocycles. The van der Waals surface area contributed by atoms with E-state index in [1.54, 1.807) is 72.7 Å². The first kappa shape index (κ1) is 37.4. The molecule has 0 aliphatic heterocycles. The fraction of sp³-hybridized carbons (Fsp3) is 0.405. The molecule has 48 heavy (non-hydrogen) atoms. The zero-order valence-electron chi connectivity index (χ0n) is 28.7. The lowest BCUT2D eigenvalue weighted by molar-refractivity contribution is -0.159. The Morgan fingerprint density at radius 1 is 0.708 bits per heavy atom.